The van der Waals surface area contributed by atoms with Gasteiger partial charge in [-0.3, -0.25) is 4.79 Å². The summed E-state index contributed by atoms with van der Waals surface area (Å²) < 4.78 is 5.60. The fraction of sp³-hybridized carbons (Fsp3) is 0.316. The molecule has 5 heteroatoms. The van der Waals surface area contributed by atoms with Gasteiger partial charge in [-0.2, -0.15) is 0 Å². The maximum absolute atomic E-state index is 12.4. The molecule has 0 heterocycles. The predicted molar refractivity (Wildman–Crippen MR) is 95.5 cm³/mol. The summed E-state index contributed by atoms with van der Waals surface area (Å²) in [6.07, 6.45) is 0.743. The van der Waals surface area contributed by atoms with E-state index in [1.165, 1.54) is 0 Å². The van der Waals surface area contributed by atoms with Crippen LogP contribution in [0.3, 0.4) is 0 Å². The summed E-state index contributed by atoms with van der Waals surface area (Å²) in [5.74, 6) is 0.495. The third-order valence-corrected chi connectivity index (χ3v) is 3.96. The smallest absolute Gasteiger partial charge is 0.260 e. The second kappa shape index (κ2) is 9.30. The highest BCUT2D eigenvalue weighted by molar-refractivity contribution is 6.30. The van der Waals surface area contributed by atoms with Gasteiger partial charge in [-0.15, -0.1) is 0 Å². The highest BCUT2D eigenvalue weighted by Crippen LogP contribution is 2.21. The molecule has 1 N–H and O–H groups in total. The number of amides is 1. The molecule has 0 aliphatic carbocycles. The van der Waals surface area contributed by atoms with Crippen molar-refractivity contribution in [2.45, 2.75) is 13.3 Å². The zero-order valence-electron chi connectivity index (χ0n) is 13.7. The molecule has 0 aliphatic heterocycles. The van der Waals surface area contributed by atoms with Gasteiger partial charge in [0.15, 0.2) is 6.61 Å². The minimum absolute atomic E-state index is 0.0583. The summed E-state index contributed by atoms with van der Waals surface area (Å²) in [5.41, 5.74) is 2.04. The van der Waals surface area contributed by atoms with Gasteiger partial charge >= 0.3 is 0 Å². The number of hydrogen-bond donors (Lipinski definition) is 1. The molecule has 0 fully saturated rings. The van der Waals surface area contributed by atoms with Crippen molar-refractivity contribution in [2.75, 3.05) is 26.3 Å². The summed E-state index contributed by atoms with van der Waals surface area (Å²) in [6.45, 7) is 2.60. The number of carbonyl (C=O) groups is 1. The van der Waals surface area contributed by atoms with Crippen LogP contribution in [0, 0.1) is 6.92 Å². The Hall–Kier alpha value is -2.04. The predicted octanol–water partition coefficient (Wildman–Crippen LogP) is 3.09. The molecule has 1 amide bonds. The van der Waals surface area contributed by atoms with Crippen LogP contribution in [0.4, 0.5) is 0 Å². The van der Waals surface area contributed by atoms with Crippen LogP contribution in [0.25, 0.3) is 0 Å². The molecule has 2 rings (SSSR count). The van der Waals surface area contributed by atoms with Gasteiger partial charge in [0.1, 0.15) is 5.75 Å². The fourth-order valence-electron chi connectivity index (χ4n) is 2.40. The first-order valence-corrected chi connectivity index (χ1v) is 8.29. The van der Waals surface area contributed by atoms with E-state index in [0.29, 0.717) is 23.9 Å². The van der Waals surface area contributed by atoms with Crippen molar-refractivity contribution in [1.29, 1.82) is 0 Å². The fourth-order valence-corrected chi connectivity index (χ4v) is 2.62. The SMILES string of the molecule is Cc1cc(Cl)ccc1OCC(=O)N(CCO)CCc1ccccc1. The maximum Gasteiger partial charge on any atom is 0.260 e. The Kier molecular flexibility index (Phi) is 7.09. The zero-order valence-corrected chi connectivity index (χ0v) is 14.5. The Morgan fingerprint density at radius 1 is 1.17 bits per heavy atom. The summed E-state index contributed by atoms with van der Waals surface area (Å²) in [5, 5.41) is 9.83. The van der Waals surface area contributed by atoms with Crippen LogP contribution < -0.4 is 4.74 Å². The van der Waals surface area contributed by atoms with Gasteiger partial charge in [0, 0.05) is 18.1 Å². The van der Waals surface area contributed by atoms with Gasteiger partial charge in [-0.25, -0.2) is 0 Å². The number of carbonyl (C=O) groups excluding carboxylic acids is 1. The average molecular weight is 348 g/mol. The first-order chi connectivity index (χ1) is 11.6. The molecule has 24 heavy (non-hydrogen) atoms. The van der Waals surface area contributed by atoms with E-state index < -0.39 is 0 Å². The van der Waals surface area contributed by atoms with Crippen molar-refractivity contribution in [3.63, 3.8) is 0 Å². The molecule has 0 spiro atoms. The third kappa shape index (κ3) is 5.55. The van der Waals surface area contributed by atoms with Gasteiger partial charge < -0.3 is 14.7 Å². The molecular formula is C19H22ClNO3. The van der Waals surface area contributed by atoms with Crippen LogP contribution in [0.1, 0.15) is 11.1 Å². The van der Waals surface area contributed by atoms with Crippen LogP contribution in [0.2, 0.25) is 5.02 Å². The second-order valence-electron chi connectivity index (χ2n) is 5.54. The van der Waals surface area contributed by atoms with Crippen molar-refractivity contribution in [2.24, 2.45) is 0 Å². The van der Waals surface area contributed by atoms with Gasteiger partial charge in [0.25, 0.3) is 5.91 Å². The van der Waals surface area contributed by atoms with Crippen LogP contribution >= 0.6 is 11.6 Å². The lowest BCUT2D eigenvalue weighted by molar-refractivity contribution is -0.133. The topological polar surface area (TPSA) is 49.8 Å². The van der Waals surface area contributed by atoms with Crippen LogP contribution in [-0.4, -0.2) is 42.2 Å². The quantitative estimate of drug-likeness (QED) is 0.798. The lowest BCUT2D eigenvalue weighted by Gasteiger charge is -2.22. The van der Waals surface area contributed by atoms with E-state index in [-0.39, 0.29) is 19.1 Å². The number of ether oxygens (including phenoxy) is 1. The molecule has 4 nitrogen and oxygen atoms in total. The molecule has 0 unspecified atom stereocenters. The largest absolute Gasteiger partial charge is 0.483 e. The molecule has 2 aromatic rings. The molecule has 0 atom stereocenters. The minimum atomic E-state index is -0.144. The van der Waals surface area contributed by atoms with E-state index >= 15 is 0 Å². The summed E-state index contributed by atoms with van der Waals surface area (Å²) in [6, 6.07) is 15.2. The summed E-state index contributed by atoms with van der Waals surface area (Å²) in [4.78, 5) is 14.0. The number of aliphatic hydroxyl groups is 1. The number of halogens is 1. The Balaban J connectivity index is 1.90. The van der Waals surface area contributed by atoms with Crippen molar-refractivity contribution < 1.29 is 14.6 Å². The van der Waals surface area contributed by atoms with E-state index in [2.05, 4.69) is 0 Å². The number of aryl methyl sites for hydroxylation is 1. The van der Waals surface area contributed by atoms with Gasteiger partial charge in [-0.05, 0) is 42.7 Å². The molecule has 0 aromatic heterocycles. The Morgan fingerprint density at radius 3 is 2.58 bits per heavy atom. The molecular weight excluding hydrogens is 326 g/mol. The Labute approximate surface area is 147 Å². The second-order valence-corrected chi connectivity index (χ2v) is 5.97. The molecule has 0 saturated heterocycles. The van der Waals surface area contributed by atoms with E-state index in [4.69, 9.17) is 16.3 Å². The highest BCUT2D eigenvalue weighted by Gasteiger charge is 2.14. The van der Waals surface area contributed by atoms with Crippen molar-refractivity contribution in [3.8, 4) is 5.75 Å². The van der Waals surface area contributed by atoms with Gasteiger partial charge in [0.05, 0.1) is 6.61 Å². The third-order valence-electron chi connectivity index (χ3n) is 3.72. The van der Waals surface area contributed by atoms with E-state index in [9.17, 15) is 9.90 Å². The van der Waals surface area contributed by atoms with Crippen molar-refractivity contribution in [3.05, 3.63) is 64.7 Å². The minimum Gasteiger partial charge on any atom is -0.483 e. The van der Waals surface area contributed by atoms with E-state index in [1.54, 1.807) is 23.1 Å². The summed E-state index contributed by atoms with van der Waals surface area (Å²) in [7, 11) is 0. The number of rotatable bonds is 8. The summed E-state index contributed by atoms with van der Waals surface area (Å²) >= 11 is 5.91. The number of nitrogens with zero attached hydrogens (tertiary/aromatic N) is 1. The van der Waals surface area contributed by atoms with E-state index in [0.717, 1.165) is 17.5 Å². The number of aliphatic hydroxyl groups excluding tert-OH is 1. The molecule has 0 radical (unpaired) electrons. The molecule has 128 valence electrons. The van der Waals surface area contributed by atoms with Crippen molar-refractivity contribution in [1.82, 2.24) is 4.90 Å². The lowest BCUT2D eigenvalue weighted by atomic mass is 10.1. The lowest BCUT2D eigenvalue weighted by Crippen LogP contribution is -2.38. The van der Waals surface area contributed by atoms with Crippen LogP contribution in [0.15, 0.2) is 48.5 Å². The first-order valence-electron chi connectivity index (χ1n) is 7.91. The number of benzene rings is 2. The molecule has 0 bridgehead atoms. The maximum atomic E-state index is 12.4. The molecule has 0 saturated carbocycles. The van der Waals surface area contributed by atoms with Gasteiger partial charge in [-0.1, -0.05) is 41.9 Å². The van der Waals surface area contributed by atoms with E-state index in [1.807, 2.05) is 37.3 Å². The average Bonchev–Trinajstić information content (AvgIpc) is 2.58. The normalized spacial score (nSPS) is 10.5. The highest BCUT2D eigenvalue weighted by atomic mass is 35.5. The van der Waals surface area contributed by atoms with Crippen molar-refractivity contribution >= 4 is 17.5 Å². The van der Waals surface area contributed by atoms with Crippen LogP contribution in [-0.2, 0) is 11.2 Å². The van der Waals surface area contributed by atoms with Gasteiger partial charge in [0.2, 0.25) is 0 Å². The Bertz CT molecular complexity index is 661. The first kappa shape index (κ1) is 18.3. The number of hydrogen-bond acceptors (Lipinski definition) is 3. The Morgan fingerprint density at radius 2 is 1.92 bits per heavy atom. The molecule has 0 aliphatic rings. The van der Waals surface area contributed by atoms with Crippen LogP contribution in [0.5, 0.6) is 5.75 Å². The molecule has 2 aromatic carbocycles. The standard InChI is InChI=1S/C19H22ClNO3/c1-15-13-17(20)7-8-18(15)24-14-19(23)21(11-12-22)10-9-16-5-3-2-4-6-16/h2-8,13,22H,9-12,14H2,1H3. The monoisotopic (exact) mass is 347 g/mol. The zero-order chi connectivity index (χ0) is 17.4.